The van der Waals surface area contributed by atoms with Crippen LogP contribution >= 0.6 is 11.6 Å². The Balaban J connectivity index is 2.51. The molecule has 0 amide bonds. The number of likely N-dealkylation sites (N-methyl/N-ethyl adjacent to an activating group) is 1. The highest BCUT2D eigenvalue weighted by Crippen LogP contribution is 2.18. The highest BCUT2D eigenvalue weighted by molar-refractivity contribution is 6.33. The first kappa shape index (κ1) is 17.2. The Morgan fingerprint density at radius 2 is 2.00 bits per heavy atom. The maximum Gasteiger partial charge on any atom is 0.182 e. The quantitative estimate of drug-likeness (QED) is 0.489. The number of ketones is 1. The van der Waals surface area contributed by atoms with Gasteiger partial charge in [0.15, 0.2) is 5.78 Å². The minimum Gasteiger partial charge on any atom is -0.308 e. The van der Waals surface area contributed by atoms with Crippen molar-refractivity contribution in [1.29, 1.82) is 0 Å². The summed E-state index contributed by atoms with van der Waals surface area (Å²) in [6.45, 7) is 3.72. The minimum absolute atomic E-state index is 0.114. The van der Waals surface area contributed by atoms with Crippen LogP contribution in [0.2, 0.25) is 5.02 Å². The predicted octanol–water partition coefficient (Wildman–Crippen LogP) is 3.64. The van der Waals surface area contributed by atoms with Gasteiger partial charge in [-0.3, -0.25) is 9.48 Å². The molecule has 114 valence electrons. The molecule has 1 rings (SSSR count). The summed E-state index contributed by atoms with van der Waals surface area (Å²) in [5.41, 5.74) is 0.573. The Morgan fingerprint density at radius 1 is 1.30 bits per heavy atom. The van der Waals surface area contributed by atoms with Crippen LogP contribution < -0.4 is 0 Å². The first-order valence-electron chi connectivity index (χ1n) is 7.45. The second-order valence-corrected chi connectivity index (χ2v) is 5.86. The molecule has 0 spiro atoms. The molecule has 0 bridgehead atoms. The van der Waals surface area contributed by atoms with E-state index < -0.39 is 0 Å². The van der Waals surface area contributed by atoms with Crippen LogP contribution in [0.3, 0.4) is 0 Å². The maximum absolute atomic E-state index is 12.3. The van der Waals surface area contributed by atoms with Gasteiger partial charge in [-0.25, -0.2) is 0 Å². The van der Waals surface area contributed by atoms with Crippen molar-refractivity contribution in [3.63, 3.8) is 0 Å². The Labute approximate surface area is 127 Å². The van der Waals surface area contributed by atoms with E-state index in [4.69, 9.17) is 11.6 Å². The van der Waals surface area contributed by atoms with E-state index >= 15 is 0 Å². The topological polar surface area (TPSA) is 38.1 Å². The molecule has 0 aliphatic carbocycles. The molecule has 1 aromatic rings. The standard InChI is InChI=1S/C15H26ClN3O/c1-4-5-6-7-8-9-14(20)15-13(16)12-17-19(15)11-10-18(2)3/h12H,4-11H2,1-3H3. The Bertz CT molecular complexity index is 415. The van der Waals surface area contributed by atoms with E-state index in [2.05, 4.69) is 16.9 Å². The fraction of sp³-hybridized carbons (Fsp3) is 0.733. The molecule has 0 aromatic carbocycles. The summed E-state index contributed by atoms with van der Waals surface area (Å²) in [4.78, 5) is 14.3. The van der Waals surface area contributed by atoms with Crippen molar-refractivity contribution in [2.75, 3.05) is 20.6 Å². The molecule has 0 atom stereocenters. The summed E-state index contributed by atoms with van der Waals surface area (Å²) in [6, 6.07) is 0. The van der Waals surface area contributed by atoms with Gasteiger partial charge in [0.25, 0.3) is 0 Å². The van der Waals surface area contributed by atoms with E-state index in [1.54, 1.807) is 10.9 Å². The van der Waals surface area contributed by atoms with E-state index in [0.29, 0.717) is 23.7 Å². The maximum atomic E-state index is 12.3. The molecule has 1 heterocycles. The molecular weight excluding hydrogens is 274 g/mol. The molecule has 4 nitrogen and oxygen atoms in total. The number of hydrogen-bond acceptors (Lipinski definition) is 3. The number of Topliss-reactive ketones (excluding diaryl/α,β-unsaturated/α-hetero) is 1. The van der Waals surface area contributed by atoms with Crippen molar-refractivity contribution in [2.24, 2.45) is 0 Å². The molecular formula is C15H26ClN3O. The first-order chi connectivity index (χ1) is 9.56. The molecule has 0 saturated heterocycles. The lowest BCUT2D eigenvalue weighted by atomic mass is 10.1. The summed E-state index contributed by atoms with van der Waals surface area (Å²) in [5, 5.41) is 4.68. The predicted molar refractivity (Wildman–Crippen MR) is 83.5 cm³/mol. The van der Waals surface area contributed by atoms with Crippen molar-refractivity contribution in [3.05, 3.63) is 16.9 Å². The number of unbranched alkanes of at least 4 members (excludes halogenated alkanes) is 4. The SMILES string of the molecule is CCCCCCCC(=O)c1c(Cl)cnn1CCN(C)C. The molecule has 0 N–H and O–H groups in total. The lowest BCUT2D eigenvalue weighted by Gasteiger charge is -2.11. The van der Waals surface area contributed by atoms with Crippen LogP contribution in [0.25, 0.3) is 0 Å². The van der Waals surface area contributed by atoms with Gasteiger partial charge in [0.05, 0.1) is 17.8 Å². The molecule has 1 aromatic heterocycles. The van der Waals surface area contributed by atoms with Crippen LogP contribution in [0.5, 0.6) is 0 Å². The monoisotopic (exact) mass is 299 g/mol. The van der Waals surface area contributed by atoms with Gasteiger partial charge in [-0.2, -0.15) is 5.10 Å². The van der Waals surface area contributed by atoms with Crippen molar-refractivity contribution >= 4 is 17.4 Å². The van der Waals surface area contributed by atoms with Gasteiger partial charge in [-0.05, 0) is 20.5 Å². The molecule has 0 saturated carbocycles. The lowest BCUT2D eigenvalue weighted by molar-refractivity contribution is 0.0968. The zero-order valence-corrected chi connectivity index (χ0v) is 13.6. The van der Waals surface area contributed by atoms with Gasteiger partial charge in [0, 0.05) is 13.0 Å². The van der Waals surface area contributed by atoms with E-state index in [1.807, 2.05) is 14.1 Å². The largest absolute Gasteiger partial charge is 0.308 e. The van der Waals surface area contributed by atoms with Crippen molar-refractivity contribution in [1.82, 2.24) is 14.7 Å². The molecule has 0 aliphatic rings. The molecule has 0 aliphatic heterocycles. The van der Waals surface area contributed by atoms with Gasteiger partial charge in [-0.15, -0.1) is 0 Å². The average molecular weight is 300 g/mol. The number of rotatable bonds is 10. The van der Waals surface area contributed by atoms with Gasteiger partial charge >= 0.3 is 0 Å². The van der Waals surface area contributed by atoms with Crippen LogP contribution in [0, 0.1) is 0 Å². The normalized spacial score (nSPS) is 11.2. The molecule has 0 fully saturated rings. The molecule has 20 heavy (non-hydrogen) atoms. The number of carbonyl (C=O) groups is 1. The summed E-state index contributed by atoms with van der Waals surface area (Å²) >= 11 is 6.10. The zero-order valence-electron chi connectivity index (χ0n) is 12.9. The average Bonchev–Trinajstić information content (AvgIpc) is 2.77. The van der Waals surface area contributed by atoms with Gasteiger partial charge in [0.1, 0.15) is 5.69 Å². The Morgan fingerprint density at radius 3 is 2.65 bits per heavy atom. The van der Waals surface area contributed by atoms with Crippen molar-refractivity contribution < 1.29 is 4.79 Å². The number of nitrogens with zero attached hydrogens (tertiary/aromatic N) is 3. The number of hydrogen-bond donors (Lipinski definition) is 0. The van der Waals surface area contributed by atoms with Crippen molar-refractivity contribution in [2.45, 2.75) is 52.0 Å². The number of halogens is 1. The second-order valence-electron chi connectivity index (χ2n) is 5.45. The third kappa shape index (κ3) is 5.63. The first-order valence-corrected chi connectivity index (χ1v) is 7.83. The summed E-state index contributed by atoms with van der Waals surface area (Å²) in [5.74, 6) is 0.114. The van der Waals surface area contributed by atoms with Crippen molar-refractivity contribution in [3.8, 4) is 0 Å². The van der Waals surface area contributed by atoms with Gasteiger partial charge in [0.2, 0.25) is 0 Å². The third-order valence-corrected chi connectivity index (χ3v) is 3.60. The van der Waals surface area contributed by atoms with Gasteiger partial charge < -0.3 is 4.90 Å². The lowest BCUT2D eigenvalue weighted by Crippen LogP contribution is -2.21. The van der Waals surface area contributed by atoms with Crippen LogP contribution in [0.4, 0.5) is 0 Å². The molecule has 5 heteroatoms. The molecule has 0 unspecified atom stereocenters. The van der Waals surface area contributed by atoms with Crippen LogP contribution in [0.1, 0.15) is 55.9 Å². The van der Waals surface area contributed by atoms with E-state index in [1.165, 1.54) is 19.3 Å². The molecule has 0 radical (unpaired) electrons. The fourth-order valence-electron chi connectivity index (χ4n) is 2.11. The Hall–Kier alpha value is -0.870. The van der Waals surface area contributed by atoms with Gasteiger partial charge in [-0.1, -0.05) is 44.2 Å². The highest BCUT2D eigenvalue weighted by atomic mass is 35.5. The second kappa shape index (κ2) is 9.14. The third-order valence-electron chi connectivity index (χ3n) is 3.33. The number of carbonyl (C=O) groups excluding carboxylic acids is 1. The Kier molecular flexibility index (Phi) is 7.85. The minimum atomic E-state index is 0.114. The van der Waals surface area contributed by atoms with Crippen LogP contribution in [-0.4, -0.2) is 41.1 Å². The smallest absolute Gasteiger partial charge is 0.182 e. The van der Waals surface area contributed by atoms with E-state index in [9.17, 15) is 4.79 Å². The van der Waals surface area contributed by atoms with E-state index in [0.717, 1.165) is 19.4 Å². The summed E-state index contributed by atoms with van der Waals surface area (Å²) in [7, 11) is 4.00. The zero-order chi connectivity index (χ0) is 15.0. The van der Waals surface area contributed by atoms with Crippen LogP contribution in [0.15, 0.2) is 6.20 Å². The van der Waals surface area contributed by atoms with Crippen LogP contribution in [-0.2, 0) is 6.54 Å². The summed E-state index contributed by atoms with van der Waals surface area (Å²) < 4.78 is 1.73. The number of aromatic nitrogens is 2. The van der Waals surface area contributed by atoms with E-state index in [-0.39, 0.29) is 5.78 Å². The summed E-state index contributed by atoms with van der Waals surface area (Å²) in [6.07, 6.45) is 7.86. The highest BCUT2D eigenvalue weighted by Gasteiger charge is 2.16. The fourth-order valence-corrected chi connectivity index (χ4v) is 2.36.